The van der Waals surface area contributed by atoms with Gasteiger partial charge in [-0.2, -0.15) is 13.2 Å². The number of hydrogen-bond donors (Lipinski definition) is 3. The maximum Gasteiger partial charge on any atom is 0.419 e. The molecular weight excluding hydrogens is 214 g/mol. The number of nitrogen functional groups attached to an aromatic ring is 2. The zero-order valence-corrected chi connectivity index (χ0v) is 7.32. The molecule has 7 heteroatoms. The minimum Gasteiger partial charge on any atom is -0.396 e. The Labute approximate surface area is 82.2 Å². The van der Waals surface area contributed by atoms with Crippen LogP contribution in [0.5, 0.6) is 0 Å². The van der Waals surface area contributed by atoms with Crippen LogP contribution in [-0.2, 0) is 6.18 Å². The largest absolute Gasteiger partial charge is 0.419 e. The molecule has 1 aromatic carbocycles. The molecule has 0 radical (unpaired) electrons. The molecule has 5 N–H and O–H groups in total. The van der Waals surface area contributed by atoms with Crippen molar-refractivity contribution in [2.75, 3.05) is 5.73 Å². The standard InChI is InChI=1S/C8H7F4N3/c9-5-4(8(10,11)12)2-1-3(6(5)13)7(14)15/h1-2H,13H2,(H3,14,15). The molecule has 0 atom stereocenters. The molecule has 0 aliphatic carbocycles. The van der Waals surface area contributed by atoms with E-state index in [4.69, 9.17) is 16.9 Å². The zero-order chi connectivity index (χ0) is 11.8. The van der Waals surface area contributed by atoms with Gasteiger partial charge in [0.15, 0.2) is 5.82 Å². The fourth-order valence-corrected chi connectivity index (χ4v) is 1.05. The molecule has 0 spiro atoms. The number of alkyl halides is 3. The second-order valence-electron chi connectivity index (χ2n) is 2.80. The van der Waals surface area contributed by atoms with Gasteiger partial charge in [-0.1, -0.05) is 0 Å². The summed E-state index contributed by atoms with van der Waals surface area (Å²) in [4.78, 5) is 0. The number of nitrogens with one attached hydrogen (secondary N) is 1. The summed E-state index contributed by atoms with van der Waals surface area (Å²) in [7, 11) is 0. The van der Waals surface area contributed by atoms with Gasteiger partial charge < -0.3 is 11.5 Å². The Morgan fingerprint density at radius 1 is 1.27 bits per heavy atom. The summed E-state index contributed by atoms with van der Waals surface area (Å²) in [5.41, 5.74) is 7.60. The van der Waals surface area contributed by atoms with Gasteiger partial charge in [0.05, 0.1) is 11.3 Å². The molecule has 15 heavy (non-hydrogen) atoms. The van der Waals surface area contributed by atoms with Crippen molar-refractivity contribution in [2.45, 2.75) is 6.18 Å². The SMILES string of the molecule is N=C(N)c1ccc(C(F)(F)F)c(F)c1N. The Morgan fingerprint density at radius 2 is 1.80 bits per heavy atom. The van der Waals surface area contributed by atoms with Gasteiger partial charge in [0.1, 0.15) is 5.84 Å². The topological polar surface area (TPSA) is 75.9 Å². The lowest BCUT2D eigenvalue weighted by molar-refractivity contribution is -0.139. The molecule has 0 heterocycles. The van der Waals surface area contributed by atoms with Crippen molar-refractivity contribution in [3.63, 3.8) is 0 Å². The average Bonchev–Trinajstić information content (AvgIpc) is 2.06. The van der Waals surface area contributed by atoms with E-state index in [2.05, 4.69) is 0 Å². The van der Waals surface area contributed by atoms with Gasteiger partial charge >= 0.3 is 6.18 Å². The molecule has 0 saturated heterocycles. The van der Waals surface area contributed by atoms with Crippen molar-refractivity contribution in [1.29, 1.82) is 5.41 Å². The van der Waals surface area contributed by atoms with Crippen molar-refractivity contribution in [3.05, 3.63) is 29.1 Å². The summed E-state index contributed by atoms with van der Waals surface area (Å²) in [5, 5.41) is 6.95. The van der Waals surface area contributed by atoms with Gasteiger partial charge in [0, 0.05) is 5.56 Å². The fourth-order valence-electron chi connectivity index (χ4n) is 1.05. The highest BCUT2D eigenvalue weighted by Gasteiger charge is 2.35. The van der Waals surface area contributed by atoms with Gasteiger partial charge in [-0.15, -0.1) is 0 Å². The molecule has 0 fully saturated rings. The number of halogens is 4. The van der Waals surface area contributed by atoms with E-state index in [1.807, 2.05) is 0 Å². The van der Waals surface area contributed by atoms with E-state index in [0.29, 0.717) is 6.07 Å². The molecule has 0 amide bonds. The fraction of sp³-hybridized carbons (Fsp3) is 0.125. The zero-order valence-electron chi connectivity index (χ0n) is 7.32. The van der Waals surface area contributed by atoms with E-state index in [-0.39, 0.29) is 5.56 Å². The lowest BCUT2D eigenvalue weighted by atomic mass is 10.1. The maximum atomic E-state index is 13.1. The predicted molar refractivity (Wildman–Crippen MR) is 46.8 cm³/mol. The van der Waals surface area contributed by atoms with Crippen molar-refractivity contribution < 1.29 is 17.6 Å². The second kappa shape index (κ2) is 3.41. The molecule has 0 aliphatic rings. The third kappa shape index (κ3) is 2.00. The first-order valence-corrected chi connectivity index (χ1v) is 3.74. The van der Waals surface area contributed by atoms with E-state index in [1.165, 1.54) is 0 Å². The molecule has 0 unspecified atom stereocenters. The van der Waals surface area contributed by atoms with Crippen molar-refractivity contribution in [2.24, 2.45) is 5.73 Å². The Hall–Kier alpha value is -1.79. The maximum absolute atomic E-state index is 13.1. The van der Waals surface area contributed by atoms with Gasteiger partial charge in [-0.3, -0.25) is 5.41 Å². The number of rotatable bonds is 1. The van der Waals surface area contributed by atoms with Crippen LogP contribution in [0, 0.1) is 11.2 Å². The normalized spacial score (nSPS) is 11.5. The van der Waals surface area contributed by atoms with E-state index in [1.54, 1.807) is 0 Å². The highest BCUT2D eigenvalue weighted by atomic mass is 19.4. The average molecular weight is 221 g/mol. The molecule has 0 saturated carbocycles. The molecule has 82 valence electrons. The number of amidine groups is 1. The number of nitrogens with two attached hydrogens (primary N) is 2. The number of benzene rings is 1. The Morgan fingerprint density at radius 3 is 2.20 bits per heavy atom. The highest BCUT2D eigenvalue weighted by molar-refractivity contribution is 6.00. The quantitative estimate of drug-likeness (QED) is 0.292. The van der Waals surface area contributed by atoms with Crippen LogP contribution in [0.3, 0.4) is 0 Å². The first-order chi connectivity index (χ1) is 6.75. The number of hydrogen-bond acceptors (Lipinski definition) is 2. The van der Waals surface area contributed by atoms with Crippen LogP contribution >= 0.6 is 0 Å². The van der Waals surface area contributed by atoms with Crippen molar-refractivity contribution in [3.8, 4) is 0 Å². The summed E-state index contributed by atoms with van der Waals surface area (Å²) in [6, 6.07) is 1.37. The Kier molecular flexibility index (Phi) is 2.57. The van der Waals surface area contributed by atoms with Gasteiger partial charge in [0.25, 0.3) is 0 Å². The van der Waals surface area contributed by atoms with Crippen LogP contribution in [0.1, 0.15) is 11.1 Å². The monoisotopic (exact) mass is 221 g/mol. The van der Waals surface area contributed by atoms with E-state index in [9.17, 15) is 17.6 Å². The minimum absolute atomic E-state index is 0.250. The van der Waals surface area contributed by atoms with Crippen LogP contribution < -0.4 is 11.5 Å². The first-order valence-electron chi connectivity index (χ1n) is 3.74. The van der Waals surface area contributed by atoms with E-state index < -0.39 is 29.1 Å². The summed E-state index contributed by atoms with van der Waals surface area (Å²) >= 11 is 0. The Balaban J connectivity index is 3.41. The van der Waals surface area contributed by atoms with Crippen LogP contribution in [0.15, 0.2) is 12.1 Å². The van der Waals surface area contributed by atoms with Gasteiger partial charge in [-0.25, -0.2) is 4.39 Å². The molecule has 1 aromatic rings. The highest BCUT2D eigenvalue weighted by Crippen LogP contribution is 2.34. The third-order valence-corrected chi connectivity index (χ3v) is 1.78. The lowest BCUT2D eigenvalue weighted by Crippen LogP contribution is -2.17. The molecule has 1 rings (SSSR count). The van der Waals surface area contributed by atoms with Gasteiger partial charge in [0.2, 0.25) is 0 Å². The molecule has 0 bridgehead atoms. The van der Waals surface area contributed by atoms with Crippen LogP contribution in [0.2, 0.25) is 0 Å². The lowest BCUT2D eigenvalue weighted by Gasteiger charge is -2.11. The number of anilines is 1. The smallest absolute Gasteiger partial charge is 0.396 e. The van der Waals surface area contributed by atoms with Crippen LogP contribution in [0.4, 0.5) is 23.2 Å². The summed E-state index contributed by atoms with van der Waals surface area (Å²) < 4.78 is 49.7. The van der Waals surface area contributed by atoms with Crippen molar-refractivity contribution in [1.82, 2.24) is 0 Å². The van der Waals surface area contributed by atoms with E-state index in [0.717, 1.165) is 6.07 Å². The van der Waals surface area contributed by atoms with Crippen LogP contribution in [0.25, 0.3) is 0 Å². The molecule has 0 aliphatic heterocycles. The van der Waals surface area contributed by atoms with Crippen molar-refractivity contribution >= 4 is 11.5 Å². The molecule has 0 aromatic heterocycles. The van der Waals surface area contributed by atoms with Crippen LogP contribution in [-0.4, -0.2) is 5.84 Å². The minimum atomic E-state index is -4.81. The Bertz CT molecular complexity index is 411. The molecule has 3 nitrogen and oxygen atoms in total. The third-order valence-electron chi connectivity index (χ3n) is 1.78. The van der Waals surface area contributed by atoms with Gasteiger partial charge in [-0.05, 0) is 12.1 Å². The summed E-state index contributed by atoms with van der Waals surface area (Å²) in [6.07, 6.45) is -4.81. The predicted octanol–water partition coefficient (Wildman–Crippen LogP) is 1.71. The second-order valence-corrected chi connectivity index (χ2v) is 2.80. The summed E-state index contributed by atoms with van der Waals surface area (Å²) in [5.74, 6) is -2.18. The first kappa shape index (κ1) is 11.3. The van der Waals surface area contributed by atoms with E-state index >= 15 is 0 Å². The summed E-state index contributed by atoms with van der Waals surface area (Å²) in [6.45, 7) is 0. The molecular formula is C8H7F4N3.